The molecule has 1 N–H and O–H groups in total. The number of pyridine rings is 1. The average molecular weight is 263 g/mol. The Labute approximate surface area is 98.8 Å². The molecule has 7 heteroatoms. The van der Waals surface area contributed by atoms with Gasteiger partial charge in [0.25, 0.3) is 0 Å². The van der Waals surface area contributed by atoms with Crippen LogP contribution in [0.25, 0.3) is 0 Å². The van der Waals surface area contributed by atoms with E-state index in [2.05, 4.69) is 10.3 Å². The number of halogens is 1. The fraction of sp³-hybridized carbons (Fsp3) is 0.333. The molecule has 16 heavy (non-hydrogen) atoms. The van der Waals surface area contributed by atoms with Gasteiger partial charge in [0.2, 0.25) is 5.91 Å². The first-order valence-corrected chi connectivity index (χ1v) is 6.74. The second-order valence-electron chi connectivity index (χ2n) is 3.26. The van der Waals surface area contributed by atoms with Crippen LogP contribution in [0, 0.1) is 0 Å². The molecular formula is C9H11ClN2O3S. The summed E-state index contributed by atoms with van der Waals surface area (Å²) < 4.78 is 22.2. The quantitative estimate of drug-likeness (QED) is 0.826. The lowest BCUT2D eigenvalue weighted by Gasteiger charge is -2.06. The van der Waals surface area contributed by atoms with Crippen LogP contribution in [0.4, 0.5) is 5.69 Å². The van der Waals surface area contributed by atoms with E-state index in [1.807, 2.05) is 0 Å². The molecule has 88 valence electrons. The number of carbonyl (C=O) groups excluding carboxylic acids is 1. The first-order valence-electron chi connectivity index (χ1n) is 4.42. The standard InChI is InChI=1S/C9H11ClN2O3S/c1-6(10)9(13)12-7-3-4-8(11-5-7)16(2,14)15/h3-6H,1-2H3,(H,12,13). The lowest BCUT2D eigenvalue weighted by molar-refractivity contribution is -0.115. The highest BCUT2D eigenvalue weighted by molar-refractivity contribution is 7.90. The van der Waals surface area contributed by atoms with Crippen LogP contribution in [0.15, 0.2) is 23.4 Å². The van der Waals surface area contributed by atoms with Gasteiger partial charge in [-0.05, 0) is 19.1 Å². The van der Waals surface area contributed by atoms with Crippen molar-refractivity contribution >= 4 is 33.0 Å². The van der Waals surface area contributed by atoms with Gasteiger partial charge in [-0.2, -0.15) is 0 Å². The number of rotatable bonds is 3. The third-order valence-corrected chi connectivity index (χ3v) is 2.94. The Bertz CT molecular complexity index is 482. The molecule has 1 heterocycles. The van der Waals surface area contributed by atoms with Crippen LogP contribution < -0.4 is 5.32 Å². The molecule has 0 aliphatic rings. The molecule has 0 bridgehead atoms. The predicted octanol–water partition coefficient (Wildman–Crippen LogP) is 1.05. The maximum absolute atomic E-state index is 11.2. The summed E-state index contributed by atoms with van der Waals surface area (Å²) in [7, 11) is -3.31. The molecule has 1 rings (SSSR count). The van der Waals surface area contributed by atoms with Gasteiger partial charge in [0.15, 0.2) is 14.9 Å². The maximum Gasteiger partial charge on any atom is 0.242 e. The zero-order valence-electron chi connectivity index (χ0n) is 8.77. The summed E-state index contributed by atoms with van der Waals surface area (Å²) in [5, 5.41) is 1.80. The molecule has 5 nitrogen and oxygen atoms in total. The van der Waals surface area contributed by atoms with Crippen molar-refractivity contribution < 1.29 is 13.2 Å². The van der Waals surface area contributed by atoms with E-state index in [0.29, 0.717) is 5.69 Å². The average Bonchev–Trinajstić information content (AvgIpc) is 2.17. The van der Waals surface area contributed by atoms with Gasteiger partial charge in [-0.1, -0.05) is 0 Å². The van der Waals surface area contributed by atoms with Crippen LogP contribution >= 0.6 is 11.6 Å². The van der Waals surface area contributed by atoms with E-state index < -0.39 is 15.2 Å². The van der Waals surface area contributed by atoms with Gasteiger partial charge < -0.3 is 5.32 Å². The zero-order chi connectivity index (χ0) is 12.3. The molecule has 0 aromatic carbocycles. The van der Waals surface area contributed by atoms with Crippen LogP contribution in [0.5, 0.6) is 0 Å². The van der Waals surface area contributed by atoms with Crippen molar-refractivity contribution in [2.24, 2.45) is 0 Å². The van der Waals surface area contributed by atoms with E-state index in [0.717, 1.165) is 6.26 Å². The molecule has 1 unspecified atom stereocenters. The summed E-state index contributed by atoms with van der Waals surface area (Å²) >= 11 is 5.55. The largest absolute Gasteiger partial charge is 0.323 e. The smallest absolute Gasteiger partial charge is 0.242 e. The van der Waals surface area contributed by atoms with E-state index in [9.17, 15) is 13.2 Å². The normalized spacial score (nSPS) is 13.2. The van der Waals surface area contributed by atoms with Crippen molar-refractivity contribution in [3.05, 3.63) is 18.3 Å². The number of hydrogen-bond acceptors (Lipinski definition) is 4. The predicted molar refractivity (Wildman–Crippen MR) is 61.3 cm³/mol. The number of aromatic nitrogens is 1. The molecule has 1 atom stereocenters. The molecular weight excluding hydrogens is 252 g/mol. The molecule has 0 saturated heterocycles. The molecule has 0 spiro atoms. The minimum absolute atomic E-state index is 0.0376. The molecule has 1 amide bonds. The van der Waals surface area contributed by atoms with Gasteiger partial charge >= 0.3 is 0 Å². The Hall–Kier alpha value is -1.14. The number of anilines is 1. The van der Waals surface area contributed by atoms with Crippen molar-refractivity contribution in [3.8, 4) is 0 Å². The molecule has 0 radical (unpaired) electrons. The van der Waals surface area contributed by atoms with Crippen LogP contribution in [0.2, 0.25) is 0 Å². The molecule has 1 aromatic rings. The second kappa shape index (κ2) is 4.80. The lowest BCUT2D eigenvalue weighted by Crippen LogP contribution is -2.20. The summed E-state index contributed by atoms with van der Waals surface area (Å²) in [6.07, 6.45) is 2.34. The van der Waals surface area contributed by atoms with E-state index in [1.165, 1.54) is 25.3 Å². The monoisotopic (exact) mass is 262 g/mol. The van der Waals surface area contributed by atoms with E-state index in [4.69, 9.17) is 11.6 Å². The number of carbonyl (C=O) groups is 1. The summed E-state index contributed by atoms with van der Waals surface area (Å²) in [6.45, 7) is 1.54. The fourth-order valence-electron chi connectivity index (χ4n) is 0.915. The highest BCUT2D eigenvalue weighted by atomic mass is 35.5. The zero-order valence-corrected chi connectivity index (χ0v) is 10.3. The Morgan fingerprint density at radius 3 is 2.50 bits per heavy atom. The molecule has 0 saturated carbocycles. The van der Waals surface area contributed by atoms with E-state index >= 15 is 0 Å². The Balaban J connectivity index is 2.84. The first-order chi connectivity index (χ1) is 7.30. The maximum atomic E-state index is 11.2. The highest BCUT2D eigenvalue weighted by Gasteiger charge is 2.11. The Morgan fingerprint density at radius 2 is 2.12 bits per heavy atom. The third-order valence-electron chi connectivity index (χ3n) is 1.75. The minimum Gasteiger partial charge on any atom is -0.323 e. The lowest BCUT2D eigenvalue weighted by atomic mass is 10.4. The van der Waals surface area contributed by atoms with Gasteiger partial charge in [-0.3, -0.25) is 4.79 Å². The number of amides is 1. The van der Waals surface area contributed by atoms with Crippen molar-refractivity contribution in [1.29, 1.82) is 0 Å². The van der Waals surface area contributed by atoms with Gasteiger partial charge in [0, 0.05) is 6.26 Å². The summed E-state index contributed by atoms with van der Waals surface area (Å²) in [5.41, 5.74) is 0.407. The van der Waals surface area contributed by atoms with Crippen LogP contribution in [-0.2, 0) is 14.6 Å². The van der Waals surface area contributed by atoms with Crippen molar-refractivity contribution in [3.63, 3.8) is 0 Å². The van der Waals surface area contributed by atoms with Crippen molar-refractivity contribution in [1.82, 2.24) is 4.98 Å². The van der Waals surface area contributed by atoms with E-state index in [-0.39, 0.29) is 10.9 Å². The number of hydrogen-bond donors (Lipinski definition) is 1. The minimum atomic E-state index is -3.31. The molecule has 1 aromatic heterocycles. The number of nitrogens with one attached hydrogen (secondary N) is 1. The third kappa shape index (κ3) is 3.46. The Kier molecular flexibility index (Phi) is 3.88. The van der Waals surface area contributed by atoms with E-state index in [1.54, 1.807) is 0 Å². The van der Waals surface area contributed by atoms with Crippen LogP contribution in [0.3, 0.4) is 0 Å². The molecule has 0 fully saturated rings. The Morgan fingerprint density at radius 1 is 1.50 bits per heavy atom. The molecule has 0 aliphatic carbocycles. The first kappa shape index (κ1) is 12.9. The van der Waals surface area contributed by atoms with Crippen LogP contribution in [0.1, 0.15) is 6.92 Å². The van der Waals surface area contributed by atoms with Gasteiger partial charge in [0.05, 0.1) is 11.9 Å². The summed E-state index contributed by atoms with van der Waals surface area (Å²) in [6, 6.07) is 2.78. The van der Waals surface area contributed by atoms with Gasteiger partial charge in [0.1, 0.15) is 5.38 Å². The second-order valence-corrected chi connectivity index (χ2v) is 5.88. The van der Waals surface area contributed by atoms with Crippen LogP contribution in [-0.4, -0.2) is 30.9 Å². The van der Waals surface area contributed by atoms with Gasteiger partial charge in [-0.25, -0.2) is 13.4 Å². The number of sulfone groups is 1. The van der Waals surface area contributed by atoms with Gasteiger partial charge in [-0.15, -0.1) is 11.6 Å². The number of nitrogens with zero attached hydrogens (tertiary/aromatic N) is 1. The van der Waals surface area contributed by atoms with Crippen molar-refractivity contribution in [2.75, 3.05) is 11.6 Å². The summed E-state index contributed by atoms with van der Waals surface area (Å²) in [4.78, 5) is 14.9. The SMILES string of the molecule is CC(Cl)C(=O)Nc1ccc(S(C)(=O)=O)nc1. The highest BCUT2D eigenvalue weighted by Crippen LogP contribution is 2.11. The summed E-state index contributed by atoms with van der Waals surface area (Å²) in [5.74, 6) is -0.365. The number of alkyl halides is 1. The van der Waals surface area contributed by atoms with Crippen molar-refractivity contribution in [2.45, 2.75) is 17.3 Å². The molecule has 0 aliphatic heterocycles. The topological polar surface area (TPSA) is 76.1 Å². The fourth-order valence-corrected chi connectivity index (χ4v) is 1.53.